The summed E-state index contributed by atoms with van der Waals surface area (Å²) in [6.45, 7) is 3.65. The van der Waals surface area contributed by atoms with Gasteiger partial charge in [0.05, 0.1) is 34.5 Å². The highest BCUT2D eigenvalue weighted by molar-refractivity contribution is 6.33. The van der Waals surface area contributed by atoms with E-state index in [0.29, 0.717) is 60.0 Å². The lowest BCUT2D eigenvalue weighted by Gasteiger charge is -2.33. The fraction of sp³-hybridized carbons (Fsp3) is 0.379. The highest BCUT2D eigenvalue weighted by atomic mass is 35.5. The van der Waals surface area contributed by atoms with E-state index >= 15 is 0 Å². The Hall–Kier alpha value is -3.31. The number of aromatic nitrogens is 1. The van der Waals surface area contributed by atoms with E-state index in [-0.39, 0.29) is 11.8 Å². The minimum absolute atomic E-state index is 0.0332. The maximum absolute atomic E-state index is 13.8. The fourth-order valence-electron chi connectivity index (χ4n) is 4.84. The average Bonchev–Trinajstić information content (AvgIpc) is 2.91. The molecule has 220 valence electrons. The molecule has 0 bridgehead atoms. The zero-order valence-corrected chi connectivity index (χ0v) is 23.2. The highest BCUT2D eigenvalue weighted by Crippen LogP contribution is 2.42. The third-order valence-electron chi connectivity index (χ3n) is 7.33. The number of rotatable bonds is 5. The van der Waals surface area contributed by atoms with Crippen molar-refractivity contribution >= 4 is 29.0 Å². The van der Waals surface area contributed by atoms with E-state index in [1.165, 1.54) is 32.0 Å². The number of pyridine rings is 1. The first-order valence-corrected chi connectivity index (χ1v) is 13.1. The molecule has 4 rings (SSSR count). The van der Waals surface area contributed by atoms with Gasteiger partial charge < -0.3 is 14.9 Å². The molecule has 12 heteroatoms. The Bertz CT molecular complexity index is 1400. The van der Waals surface area contributed by atoms with Gasteiger partial charge in [0.1, 0.15) is 5.82 Å². The molecule has 0 aliphatic carbocycles. The minimum Gasteiger partial charge on any atom is -0.393 e. The number of anilines is 2. The van der Waals surface area contributed by atoms with E-state index in [2.05, 4.69) is 4.98 Å². The molecule has 0 atom stereocenters. The number of hydrogen-bond donors (Lipinski definition) is 1. The largest absolute Gasteiger partial charge is 0.416 e. The molecule has 2 heterocycles. The number of piperidine rings is 1. The zero-order chi connectivity index (χ0) is 30.3. The van der Waals surface area contributed by atoms with Crippen LogP contribution in [0.3, 0.4) is 0 Å². The molecule has 1 amide bonds. The third kappa shape index (κ3) is 6.46. The summed E-state index contributed by atoms with van der Waals surface area (Å²) in [5.74, 6) is -0.183. The van der Waals surface area contributed by atoms with Gasteiger partial charge in [-0.25, -0.2) is 4.98 Å². The number of nitrogens with zero attached hydrogens (tertiary/aromatic N) is 3. The standard InChI is InChI=1S/C29H28ClF6N3O2/c1-27(2,17-12-18(28(31,32)33)14-19(13-17)29(34,35)36)26(41)38(3)24-16-37-25(39-10-8-20(40)9-11-39)15-22(24)21-6-4-5-7-23(21)30/h4-7,12-16,20,40H,8-11H2,1-3H3. The van der Waals surface area contributed by atoms with Gasteiger partial charge in [-0.1, -0.05) is 29.8 Å². The fourth-order valence-corrected chi connectivity index (χ4v) is 5.07. The van der Waals surface area contributed by atoms with Gasteiger partial charge in [0.15, 0.2) is 0 Å². The lowest BCUT2D eigenvalue weighted by Crippen LogP contribution is -2.42. The number of hydrogen-bond acceptors (Lipinski definition) is 4. The van der Waals surface area contributed by atoms with Crippen molar-refractivity contribution in [3.05, 3.63) is 76.4 Å². The van der Waals surface area contributed by atoms with Crippen molar-refractivity contribution in [2.75, 3.05) is 29.9 Å². The molecule has 1 N–H and O–H groups in total. The SMILES string of the molecule is CN(C(=O)C(C)(C)c1cc(C(F)(F)F)cc(C(F)(F)F)c1)c1cnc(N2CCC(O)CC2)cc1-c1ccccc1Cl. The summed E-state index contributed by atoms with van der Waals surface area (Å²) >= 11 is 6.49. The number of alkyl halides is 6. The lowest BCUT2D eigenvalue weighted by atomic mass is 9.81. The molecule has 1 fully saturated rings. The predicted octanol–water partition coefficient (Wildman–Crippen LogP) is 7.34. The molecule has 2 aromatic carbocycles. The van der Waals surface area contributed by atoms with Crippen LogP contribution in [0.1, 0.15) is 43.4 Å². The molecule has 0 saturated carbocycles. The van der Waals surface area contributed by atoms with Crippen molar-refractivity contribution in [3.8, 4) is 11.1 Å². The first-order chi connectivity index (χ1) is 19.0. The summed E-state index contributed by atoms with van der Waals surface area (Å²) in [6.07, 6.45) is -7.98. The number of halogens is 7. The normalized spacial score (nSPS) is 15.2. The van der Waals surface area contributed by atoms with E-state index in [9.17, 15) is 36.2 Å². The molecular formula is C29H28ClF6N3O2. The van der Waals surface area contributed by atoms with Crippen LogP contribution in [-0.2, 0) is 22.6 Å². The van der Waals surface area contributed by atoms with Gasteiger partial charge in [0.25, 0.3) is 0 Å². The number of aliphatic hydroxyl groups excluding tert-OH is 1. The Morgan fingerprint density at radius 1 is 0.927 bits per heavy atom. The molecule has 3 aromatic rings. The third-order valence-corrected chi connectivity index (χ3v) is 7.66. The highest BCUT2D eigenvalue weighted by Gasteiger charge is 2.41. The topological polar surface area (TPSA) is 56.7 Å². The van der Waals surface area contributed by atoms with Crippen LogP contribution in [-0.4, -0.2) is 42.2 Å². The van der Waals surface area contributed by atoms with Crippen LogP contribution in [0.4, 0.5) is 37.8 Å². The van der Waals surface area contributed by atoms with Crippen molar-refractivity contribution in [1.82, 2.24) is 4.98 Å². The van der Waals surface area contributed by atoms with Crippen LogP contribution in [0.15, 0.2) is 54.7 Å². The summed E-state index contributed by atoms with van der Waals surface area (Å²) in [4.78, 5) is 21.5. The van der Waals surface area contributed by atoms with Gasteiger partial charge in [-0.2, -0.15) is 26.3 Å². The summed E-state index contributed by atoms with van der Waals surface area (Å²) in [6, 6.07) is 9.77. The van der Waals surface area contributed by atoms with Crippen LogP contribution < -0.4 is 9.80 Å². The van der Waals surface area contributed by atoms with E-state index in [0.717, 1.165) is 0 Å². The van der Waals surface area contributed by atoms with E-state index < -0.39 is 46.5 Å². The van der Waals surface area contributed by atoms with Gasteiger partial charge in [0, 0.05) is 36.3 Å². The quantitative estimate of drug-likeness (QED) is 0.312. The predicted molar refractivity (Wildman–Crippen MR) is 145 cm³/mol. The second-order valence-corrected chi connectivity index (χ2v) is 10.9. The Morgan fingerprint density at radius 2 is 1.46 bits per heavy atom. The zero-order valence-electron chi connectivity index (χ0n) is 22.4. The van der Waals surface area contributed by atoms with Crippen LogP contribution in [0, 0.1) is 0 Å². The van der Waals surface area contributed by atoms with Crippen molar-refractivity contribution < 1.29 is 36.2 Å². The molecular weight excluding hydrogens is 572 g/mol. The molecule has 1 saturated heterocycles. The molecule has 1 aromatic heterocycles. The van der Waals surface area contributed by atoms with Gasteiger partial charge in [-0.3, -0.25) is 4.79 Å². The Labute approximate surface area is 238 Å². The molecule has 0 radical (unpaired) electrons. The smallest absolute Gasteiger partial charge is 0.393 e. The van der Waals surface area contributed by atoms with Crippen LogP contribution >= 0.6 is 11.6 Å². The maximum atomic E-state index is 13.8. The van der Waals surface area contributed by atoms with Crippen LogP contribution in [0.5, 0.6) is 0 Å². The summed E-state index contributed by atoms with van der Waals surface area (Å²) in [7, 11) is 1.39. The van der Waals surface area contributed by atoms with Crippen molar-refractivity contribution in [2.45, 2.75) is 50.6 Å². The maximum Gasteiger partial charge on any atom is 0.416 e. The van der Waals surface area contributed by atoms with Crippen molar-refractivity contribution in [2.24, 2.45) is 0 Å². The molecule has 5 nitrogen and oxygen atoms in total. The molecule has 0 unspecified atom stereocenters. The molecule has 1 aliphatic rings. The number of likely N-dealkylation sites (N-methyl/N-ethyl adjacent to an activating group) is 1. The number of benzene rings is 2. The Morgan fingerprint density at radius 3 is 2.00 bits per heavy atom. The molecule has 0 spiro atoms. The summed E-state index contributed by atoms with van der Waals surface area (Å²) in [5.41, 5.74) is -3.91. The van der Waals surface area contributed by atoms with Gasteiger partial charge in [-0.05, 0) is 62.6 Å². The monoisotopic (exact) mass is 599 g/mol. The summed E-state index contributed by atoms with van der Waals surface area (Å²) < 4.78 is 81.2. The second-order valence-electron chi connectivity index (χ2n) is 10.5. The van der Waals surface area contributed by atoms with E-state index in [1.807, 2.05) is 4.90 Å². The number of carbonyl (C=O) groups is 1. The first-order valence-electron chi connectivity index (χ1n) is 12.8. The van der Waals surface area contributed by atoms with Gasteiger partial charge in [-0.15, -0.1) is 0 Å². The van der Waals surface area contributed by atoms with Gasteiger partial charge >= 0.3 is 12.4 Å². The lowest BCUT2D eigenvalue weighted by molar-refractivity contribution is -0.143. The second kappa shape index (κ2) is 11.2. The summed E-state index contributed by atoms with van der Waals surface area (Å²) in [5, 5.41) is 10.2. The Balaban J connectivity index is 1.79. The van der Waals surface area contributed by atoms with E-state index in [1.54, 1.807) is 30.3 Å². The van der Waals surface area contributed by atoms with Crippen molar-refractivity contribution in [3.63, 3.8) is 0 Å². The number of aliphatic hydroxyl groups is 1. The molecule has 41 heavy (non-hydrogen) atoms. The van der Waals surface area contributed by atoms with Crippen LogP contribution in [0.2, 0.25) is 5.02 Å². The number of amides is 1. The average molecular weight is 600 g/mol. The first kappa shape index (κ1) is 30.6. The van der Waals surface area contributed by atoms with Gasteiger partial charge in [0.2, 0.25) is 5.91 Å². The molecule has 1 aliphatic heterocycles. The Kier molecular flexibility index (Phi) is 8.35. The van der Waals surface area contributed by atoms with Crippen molar-refractivity contribution in [1.29, 1.82) is 0 Å². The minimum atomic E-state index is -5.05. The number of carbonyl (C=O) groups excluding carboxylic acids is 1. The van der Waals surface area contributed by atoms with Crippen LogP contribution in [0.25, 0.3) is 11.1 Å². The van der Waals surface area contributed by atoms with E-state index in [4.69, 9.17) is 11.6 Å².